The minimum Gasteiger partial charge on any atom is -0.465 e. The van der Waals surface area contributed by atoms with E-state index in [1.54, 1.807) is 20.8 Å². The fourth-order valence-corrected chi connectivity index (χ4v) is 2.52. The molecule has 1 rings (SSSR count). The highest BCUT2D eigenvalue weighted by atomic mass is 32.2. The van der Waals surface area contributed by atoms with E-state index >= 15 is 0 Å². The van der Waals surface area contributed by atoms with Crippen molar-refractivity contribution in [1.82, 2.24) is 0 Å². The van der Waals surface area contributed by atoms with Crippen molar-refractivity contribution in [2.24, 2.45) is 5.41 Å². The highest BCUT2D eigenvalue weighted by molar-refractivity contribution is 7.99. The van der Waals surface area contributed by atoms with Crippen LogP contribution in [0.4, 0.5) is 0 Å². The lowest BCUT2D eigenvalue weighted by atomic mass is 9.89. The maximum Gasteiger partial charge on any atom is 0.319 e. The maximum atomic E-state index is 12.0. The average Bonchev–Trinajstić information content (AvgIpc) is 2.40. The number of carbonyl (C=O) groups excluding carboxylic acids is 2. The van der Waals surface area contributed by atoms with E-state index in [2.05, 4.69) is 0 Å². The molecular formula is C15H20O3S. The van der Waals surface area contributed by atoms with Crippen molar-refractivity contribution in [3.63, 3.8) is 0 Å². The first-order chi connectivity index (χ1) is 8.98. The van der Waals surface area contributed by atoms with Gasteiger partial charge in [0.05, 0.1) is 12.4 Å². The number of hydrogen-bond acceptors (Lipinski definition) is 4. The Hall–Kier alpha value is -1.29. The molecule has 0 saturated carbocycles. The summed E-state index contributed by atoms with van der Waals surface area (Å²) in [5, 5.41) is 0. The van der Waals surface area contributed by atoms with E-state index in [1.165, 1.54) is 17.3 Å². The molecule has 0 spiro atoms. The van der Waals surface area contributed by atoms with Crippen LogP contribution in [0.15, 0.2) is 30.3 Å². The van der Waals surface area contributed by atoms with Gasteiger partial charge < -0.3 is 4.74 Å². The number of ether oxygens (including phenoxy) is 1. The molecule has 0 heterocycles. The summed E-state index contributed by atoms with van der Waals surface area (Å²) < 4.78 is 4.92. The molecular weight excluding hydrogens is 260 g/mol. The van der Waals surface area contributed by atoms with Gasteiger partial charge in [0, 0.05) is 5.75 Å². The Balaban J connectivity index is 2.44. The Morgan fingerprint density at radius 2 is 1.84 bits per heavy atom. The minimum absolute atomic E-state index is 0.0909. The molecule has 0 aliphatic rings. The number of Topliss-reactive ketones (excluding diaryl/α,β-unsaturated/α-hetero) is 1. The van der Waals surface area contributed by atoms with Gasteiger partial charge >= 0.3 is 5.97 Å². The number of benzene rings is 1. The van der Waals surface area contributed by atoms with Gasteiger partial charge in [-0.15, -0.1) is 11.8 Å². The van der Waals surface area contributed by atoms with Crippen LogP contribution in [-0.4, -0.2) is 24.1 Å². The van der Waals surface area contributed by atoms with Gasteiger partial charge in [0.1, 0.15) is 5.41 Å². The van der Waals surface area contributed by atoms with Crippen molar-refractivity contribution in [2.45, 2.75) is 26.5 Å². The first-order valence-corrected chi connectivity index (χ1v) is 7.46. The molecule has 0 fully saturated rings. The lowest BCUT2D eigenvalue weighted by Crippen LogP contribution is -2.36. The molecule has 0 aliphatic heterocycles. The average molecular weight is 280 g/mol. The van der Waals surface area contributed by atoms with Gasteiger partial charge in [0.25, 0.3) is 0 Å². The van der Waals surface area contributed by atoms with Gasteiger partial charge in [-0.05, 0) is 26.3 Å². The number of esters is 1. The molecule has 0 N–H and O–H groups in total. The molecule has 104 valence electrons. The summed E-state index contributed by atoms with van der Waals surface area (Å²) in [6.07, 6.45) is 0. The van der Waals surface area contributed by atoms with Gasteiger partial charge in [-0.3, -0.25) is 9.59 Å². The first-order valence-electron chi connectivity index (χ1n) is 6.30. The summed E-state index contributed by atoms with van der Waals surface area (Å²) in [7, 11) is 0. The van der Waals surface area contributed by atoms with E-state index < -0.39 is 11.4 Å². The Labute approximate surface area is 118 Å². The molecule has 3 nitrogen and oxygen atoms in total. The zero-order chi connectivity index (χ0) is 14.3. The van der Waals surface area contributed by atoms with Gasteiger partial charge in [-0.25, -0.2) is 0 Å². The standard InChI is InChI=1S/C15H20O3S/c1-4-18-14(17)15(2,3)13(16)11-19-10-12-8-6-5-7-9-12/h5-9H,4,10-11H2,1-3H3. The molecule has 1 aromatic rings. The summed E-state index contributed by atoms with van der Waals surface area (Å²) in [5.74, 6) is 0.554. The predicted molar refractivity (Wildman–Crippen MR) is 78.0 cm³/mol. The van der Waals surface area contributed by atoms with Crippen LogP contribution in [-0.2, 0) is 20.1 Å². The van der Waals surface area contributed by atoms with Gasteiger partial charge in [0.15, 0.2) is 5.78 Å². The highest BCUT2D eigenvalue weighted by Crippen LogP contribution is 2.22. The predicted octanol–water partition coefficient (Wildman–Crippen LogP) is 3.08. The molecule has 0 aromatic heterocycles. The van der Waals surface area contributed by atoms with E-state index in [-0.39, 0.29) is 5.78 Å². The molecule has 0 atom stereocenters. The fraction of sp³-hybridized carbons (Fsp3) is 0.467. The third kappa shape index (κ3) is 4.71. The second-order valence-electron chi connectivity index (χ2n) is 4.75. The molecule has 0 bridgehead atoms. The summed E-state index contributed by atoms with van der Waals surface area (Å²) >= 11 is 1.52. The smallest absolute Gasteiger partial charge is 0.319 e. The van der Waals surface area contributed by atoms with Crippen molar-refractivity contribution in [3.8, 4) is 0 Å². The summed E-state index contributed by atoms with van der Waals surface area (Å²) in [6.45, 7) is 5.28. The van der Waals surface area contributed by atoms with Crippen LogP contribution in [0.5, 0.6) is 0 Å². The van der Waals surface area contributed by atoms with E-state index in [0.29, 0.717) is 12.4 Å². The SMILES string of the molecule is CCOC(=O)C(C)(C)C(=O)CSCc1ccccc1. The maximum absolute atomic E-state index is 12.0. The van der Waals surface area contributed by atoms with Crippen LogP contribution in [0.1, 0.15) is 26.3 Å². The van der Waals surface area contributed by atoms with E-state index in [4.69, 9.17) is 4.74 Å². The number of ketones is 1. The summed E-state index contributed by atoms with van der Waals surface area (Å²) in [5.41, 5.74) is 0.119. The normalized spacial score (nSPS) is 11.1. The summed E-state index contributed by atoms with van der Waals surface area (Å²) in [6, 6.07) is 9.95. The van der Waals surface area contributed by atoms with Crippen LogP contribution in [0.25, 0.3) is 0 Å². The molecule has 4 heteroatoms. The lowest BCUT2D eigenvalue weighted by Gasteiger charge is -2.20. The van der Waals surface area contributed by atoms with Crippen LogP contribution < -0.4 is 0 Å². The molecule has 19 heavy (non-hydrogen) atoms. The van der Waals surface area contributed by atoms with Crippen molar-refractivity contribution >= 4 is 23.5 Å². The second-order valence-corrected chi connectivity index (χ2v) is 5.73. The van der Waals surface area contributed by atoms with Gasteiger partial charge in [-0.2, -0.15) is 0 Å². The zero-order valence-electron chi connectivity index (χ0n) is 11.6. The molecule has 0 radical (unpaired) electrons. The largest absolute Gasteiger partial charge is 0.465 e. The Morgan fingerprint density at radius 3 is 2.42 bits per heavy atom. The summed E-state index contributed by atoms with van der Waals surface area (Å²) in [4.78, 5) is 23.7. The molecule has 0 unspecified atom stereocenters. The van der Waals surface area contributed by atoms with Gasteiger partial charge in [0.2, 0.25) is 0 Å². The van der Waals surface area contributed by atoms with Crippen LogP contribution in [0.2, 0.25) is 0 Å². The van der Waals surface area contributed by atoms with E-state index in [0.717, 1.165) is 5.75 Å². The number of thioether (sulfide) groups is 1. The third-order valence-corrected chi connectivity index (χ3v) is 3.83. The highest BCUT2D eigenvalue weighted by Gasteiger charge is 2.36. The number of carbonyl (C=O) groups is 2. The van der Waals surface area contributed by atoms with Crippen LogP contribution >= 0.6 is 11.8 Å². The monoisotopic (exact) mass is 280 g/mol. The van der Waals surface area contributed by atoms with Crippen molar-refractivity contribution in [3.05, 3.63) is 35.9 Å². The van der Waals surface area contributed by atoms with Crippen LogP contribution in [0, 0.1) is 5.41 Å². The molecule has 0 aliphatic carbocycles. The zero-order valence-corrected chi connectivity index (χ0v) is 12.5. The van der Waals surface area contributed by atoms with E-state index in [1.807, 2.05) is 30.3 Å². The van der Waals surface area contributed by atoms with Gasteiger partial charge in [-0.1, -0.05) is 30.3 Å². The number of rotatable bonds is 7. The van der Waals surface area contributed by atoms with Crippen molar-refractivity contribution in [1.29, 1.82) is 0 Å². The second kappa shape index (κ2) is 7.34. The quantitative estimate of drug-likeness (QED) is 0.568. The molecule has 0 amide bonds. The third-order valence-electron chi connectivity index (χ3n) is 2.83. The molecule has 1 aromatic carbocycles. The van der Waals surface area contributed by atoms with Crippen molar-refractivity contribution in [2.75, 3.05) is 12.4 Å². The minimum atomic E-state index is -1.06. The van der Waals surface area contributed by atoms with Crippen molar-refractivity contribution < 1.29 is 14.3 Å². The Morgan fingerprint density at radius 1 is 1.21 bits per heavy atom. The molecule has 0 saturated heterocycles. The topological polar surface area (TPSA) is 43.4 Å². The Bertz CT molecular complexity index is 426. The van der Waals surface area contributed by atoms with Crippen LogP contribution in [0.3, 0.4) is 0 Å². The Kier molecular flexibility index (Phi) is 6.09. The van der Waals surface area contributed by atoms with E-state index in [9.17, 15) is 9.59 Å². The number of hydrogen-bond donors (Lipinski definition) is 0. The fourth-order valence-electron chi connectivity index (χ4n) is 1.44. The lowest BCUT2D eigenvalue weighted by molar-refractivity contribution is -0.157. The first kappa shape index (κ1) is 15.8.